The normalized spacial score (nSPS) is 12.3. The summed E-state index contributed by atoms with van der Waals surface area (Å²) in [5, 5.41) is 0. The first-order valence-corrected chi connectivity index (χ1v) is 10.3. The fraction of sp³-hybridized carbons (Fsp3) is 0.905. The number of hydrogen-bond donors (Lipinski definition) is 2. The highest BCUT2D eigenvalue weighted by Gasteiger charge is 2.06. The molecular weight excluding hydrogens is 280 g/mol. The lowest BCUT2D eigenvalue weighted by Gasteiger charge is -2.14. The fourth-order valence-corrected chi connectivity index (χ4v) is 2.91. The van der Waals surface area contributed by atoms with Gasteiger partial charge in [0.2, 0.25) is 0 Å². The molecule has 0 aromatic carbocycles. The highest BCUT2D eigenvalue weighted by molar-refractivity contribution is 4.88. The van der Waals surface area contributed by atoms with E-state index in [2.05, 4.69) is 19.1 Å². The van der Waals surface area contributed by atoms with Crippen molar-refractivity contribution in [3.8, 4) is 0 Å². The van der Waals surface area contributed by atoms with E-state index >= 15 is 0 Å². The zero-order chi connectivity index (χ0) is 17.2. The largest absolute Gasteiger partial charge is 0.313 e. The molecule has 0 unspecified atom stereocenters. The Morgan fingerprint density at radius 2 is 1.00 bits per heavy atom. The molecule has 0 saturated carbocycles. The van der Waals surface area contributed by atoms with Gasteiger partial charge in [-0.15, -0.1) is 0 Å². The molecule has 138 valence electrons. The van der Waals surface area contributed by atoms with Gasteiger partial charge in [-0.05, 0) is 26.2 Å². The Labute approximate surface area is 146 Å². The van der Waals surface area contributed by atoms with Gasteiger partial charge in [0.1, 0.15) is 0 Å². The third-order valence-electron chi connectivity index (χ3n) is 4.45. The molecule has 2 nitrogen and oxygen atoms in total. The van der Waals surface area contributed by atoms with Gasteiger partial charge in [0.15, 0.2) is 0 Å². The molecule has 0 radical (unpaired) electrons. The predicted octanol–water partition coefficient (Wildman–Crippen LogP) is 6.44. The maximum absolute atomic E-state index is 5.73. The molecule has 0 aliphatic carbocycles. The Morgan fingerprint density at radius 1 is 0.609 bits per heavy atom. The minimum Gasteiger partial charge on any atom is -0.313 e. The van der Waals surface area contributed by atoms with Crippen LogP contribution in [0.15, 0.2) is 12.2 Å². The molecule has 2 heteroatoms. The second kappa shape index (κ2) is 16.5. The quantitative estimate of drug-likeness (QED) is 0.184. The van der Waals surface area contributed by atoms with Gasteiger partial charge in [-0.25, -0.2) is 0 Å². The first-order chi connectivity index (χ1) is 11.1. The maximum Gasteiger partial charge on any atom is 0.0642 e. The van der Waals surface area contributed by atoms with Crippen LogP contribution in [0.3, 0.4) is 0 Å². The van der Waals surface area contributed by atoms with E-state index in [1.807, 2.05) is 6.92 Å². The standard InChI is InChI=1S/C21H44N2/c1-3-4-5-6-7-8-9-10-11-12-13-14-15-16-17-18-19-20-21(2,22)23/h18-19H,3-17,20,22-23H2,1-2H3. The molecule has 0 aromatic rings. The van der Waals surface area contributed by atoms with Gasteiger partial charge in [-0.3, -0.25) is 0 Å². The third kappa shape index (κ3) is 21.7. The summed E-state index contributed by atoms with van der Waals surface area (Å²) in [6.07, 6.45) is 26.2. The van der Waals surface area contributed by atoms with Crippen LogP contribution in [0.1, 0.15) is 117 Å². The fourth-order valence-electron chi connectivity index (χ4n) is 2.91. The molecular formula is C21H44N2. The van der Waals surface area contributed by atoms with Crippen LogP contribution in [0.25, 0.3) is 0 Å². The number of rotatable bonds is 17. The van der Waals surface area contributed by atoms with Crippen LogP contribution in [0.4, 0.5) is 0 Å². The van der Waals surface area contributed by atoms with Crippen molar-refractivity contribution in [3.63, 3.8) is 0 Å². The number of hydrogen-bond acceptors (Lipinski definition) is 2. The smallest absolute Gasteiger partial charge is 0.0642 e. The van der Waals surface area contributed by atoms with Gasteiger partial charge >= 0.3 is 0 Å². The molecule has 0 atom stereocenters. The van der Waals surface area contributed by atoms with Crippen LogP contribution in [0.2, 0.25) is 0 Å². The maximum atomic E-state index is 5.73. The third-order valence-corrected chi connectivity index (χ3v) is 4.45. The lowest BCUT2D eigenvalue weighted by atomic mass is 10.0. The van der Waals surface area contributed by atoms with Gasteiger partial charge in [-0.1, -0.05) is 103 Å². The first-order valence-electron chi connectivity index (χ1n) is 10.3. The molecule has 23 heavy (non-hydrogen) atoms. The number of unbranched alkanes of at least 4 members (excludes halogenated alkanes) is 14. The summed E-state index contributed by atoms with van der Waals surface area (Å²) < 4.78 is 0. The highest BCUT2D eigenvalue weighted by atomic mass is 14.9. The number of nitrogens with two attached hydrogens (primary N) is 2. The van der Waals surface area contributed by atoms with Crippen LogP contribution in [-0.4, -0.2) is 5.66 Å². The molecule has 0 amide bonds. The van der Waals surface area contributed by atoms with E-state index < -0.39 is 5.66 Å². The van der Waals surface area contributed by atoms with E-state index in [-0.39, 0.29) is 0 Å². The van der Waals surface area contributed by atoms with Crippen LogP contribution in [0, 0.1) is 0 Å². The second-order valence-electron chi connectivity index (χ2n) is 7.57. The predicted molar refractivity (Wildman–Crippen MR) is 105 cm³/mol. The van der Waals surface area contributed by atoms with Crippen molar-refractivity contribution in [2.24, 2.45) is 11.5 Å². The average molecular weight is 325 g/mol. The molecule has 0 aliphatic rings. The van der Waals surface area contributed by atoms with Crippen molar-refractivity contribution in [1.29, 1.82) is 0 Å². The Hall–Kier alpha value is -0.340. The Morgan fingerprint density at radius 3 is 1.39 bits per heavy atom. The molecule has 0 aromatic heterocycles. The highest BCUT2D eigenvalue weighted by Crippen LogP contribution is 2.13. The average Bonchev–Trinajstić information content (AvgIpc) is 2.49. The molecule has 0 saturated heterocycles. The summed E-state index contributed by atoms with van der Waals surface area (Å²) >= 11 is 0. The monoisotopic (exact) mass is 324 g/mol. The molecule has 0 rings (SSSR count). The van der Waals surface area contributed by atoms with E-state index in [1.165, 1.54) is 96.3 Å². The summed E-state index contributed by atoms with van der Waals surface area (Å²) in [7, 11) is 0. The number of allylic oxidation sites excluding steroid dienone is 1. The van der Waals surface area contributed by atoms with Crippen LogP contribution >= 0.6 is 0 Å². The zero-order valence-corrected chi connectivity index (χ0v) is 16.1. The van der Waals surface area contributed by atoms with Crippen molar-refractivity contribution in [2.45, 2.75) is 122 Å². The van der Waals surface area contributed by atoms with E-state index in [0.29, 0.717) is 0 Å². The Bertz CT molecular complexity index is 253. The molecule has 0 heterocycles. The Balaban J connectivity index is 3.08. The van der Waals surface area contributed by atoms with Crippen LogP contribution in [-0.2, 0) is 0 Å². The summed E-state index contributed by atoms with van der Waals surface area (Å²) in [6, 6.07) is 0. The van der Waals surface area contributed by atoms with E-state index in [1.54, 1.807) is 0 Å². The van der Waals surface area contributed by atoms with Crippen molar-refractivity contribution >= 4 is 0 Å². The van der Waals surface area contributed by atoms with E-state index in [4.69, 9.17) is 11.5 Å². The van der Waals surface area contributed by atoms with E-state index in [0.717, 1.165) is 6.42 Å². The SMILES string of the molecule is CCCCCCCCCCCCCCCCC=CCC(C)(N)N. The van der Waals surface area contributed by atoms with Crippen molar-refractivity contribution in [1.82, 2.24) is 0 Å². The van der Waals surface area contributed by atoms with Gasteiger partial charge in [0, 0.05) is 0 Å². The van der Waals surface area contributed by atoms with Crippen molar-refractivity contribution in [2.75, 3.05) is 0 Å². The zero-order valence-electron chi connectivity index (χ0n) is 16.1. The first kappa shape index (κ1) is 22.7. The summed E-state index contributed by atoms with van der Waals surface area (Å²) in [6.45, 7) is 4.15. The molecule has 0 fully saturated rings. The molecule has 0 bridgehead atoms. The van der Waals surface area contributed by atoms with Gasteiger partial charge < -0.3 is 11.5 Å². The van der Waals surface area contributed by atoms with E-state index in [9.17, 15) is 0 Å². The van der Waals surface area contributed by atoms with Crippen molar-refractivity contribution < 1.29 is 0 Å². The van der Waals surface area contributed by atoms with Crippen LogP contribution < -0.4 is 11.5 Å². The minimum absolute atomic E-state index is 0.550. The van der Waals surface area contributed by atoms with Crippen LogP contribution in [0.5, 0.6) is 0 Å². The van der Waals surface area contributed by atoms with Gasteiger partial charge in [0.25, 0.3) is 0 Å². The molecule has 0 spiro atoms. The minimum atomic E-state index is -0.550. The van der Waals surface area contributed by atoms with Gasteiger partial charge in [-0.2, -0.15) is 0 Å². The Kier molecular flexibility index (Phi) is 16.3. The lowest BCUT2D eigenvalue weighted by Crippen LogP contribution is -2.45. The lowest BCUT2D eigenvalue weighted by molar-refractivity contribution is 0.496. The molecule has 0 aliphatic heterocycles. The van der Waals surface area contributed by atoms with Gasteiger partial charge in [0.05, 0.1) is 5.66 Å². The summed E-state index contributed by atoms with van der Waals surface area (Å²) in [5.41, 5.74) is 10.9. The van der Waals surface area contributed by atoms with Crippen molar-refractivity contribution in [3.05, 3.63) is 12.2 Å². The molecule has 4 N–H and O–H groups in total. The summed E-state index contributed by atoms with van der Waals surface area (Å²) in [5.74, 6) is 0. The topological polar surface area (TPSA) is 52.0 Å². The second-order valence-corrected chi connectivity index (χ2v) is 7.57. The summed E-state index contributed by atoms with van der Waals surface area (Å²) in [4.78, 5) is 0.